The molecular weight excluding hydrogens is 349 g/mol. The zero-order chi connectivity index (χ0) is 17.9. The topological polar surface area (TPSA) is 81.7 Å². The van der Waals surface area contributed by atoms with E-state index in [1.54, 1.807) is 18.2 Å². The summed E-state index contributed by atoms with van der Waals surface area (Å²) in [5, 5.41) is 0. The van der Waals surface area contributed by atoms with Crippen molar-refractivity contribution in [2.24, 2.45) is 0 Å². The van der Waals surface area contributed by atoms with Crippen molar-refractivity contribution in [3.05, 3.63) is 59.9 Å². The molecule has 130 valence electrons. The average molecular weight is 363 g/mol. The van der Waals surface area contributed by atoms with Crippen LogP contribution in [-0.4, -0.2) is 27.5 Å². The molecule has 25 heavy (non-hydrogen) atoms. The van der Waals surface area contributed by atoms with E-state index in [2.05, 4.69) is 0 Å². The fraction of sp³-hybridized carbons (Fsp3) is 0.118. The summed E-state index contributed by atoms with van der Waals surface area (Å²) in [6.07, 6.45) is 2.54. The van der Waals surface area contributed by atoms with Crippen LogP contribution in [0.15, 0.2) is 53.4 Å². The van der Waals surface area contributed by atoms with Gasteiger partial charge < -0.3 is 9.47 Å². The molecule has 1 heterocycles. The third-order valence-corrected chi connectivity index (χ3v) is 4.71. The number of ether oxygens (including phenoxy) is 2. The lowest BCUT2D eigenvalue weighted by molar-refractivity contribution is -0.114. The predicted molar refractivity (Wildman–Crippen MR) is 88.2 cm³/mol. The number of nitrogens with one attached hydrogen (secondary N) is 1. The van der Waals surface area contributed by atoms with Gasteiger partial charge in [0.05, 0.1) is 4.90 Å². The summed E-state index contributed by atoms with van der Waals surface area (Å²) in [7, 11) is -4.06. The Bertz CT molecular complexity index is 923. The summed E-state index contributed by atoms with van der Waals surface area (Å²) in [5.41, 5.74) is 0.651. The lowest BCUT2D eigenvalue weighted by Crippen LogP contribution is -2.28. The van der Waals surface area contributed by atoms with E-state index in [1.165, 1.54) is 6.08 Å². The maximum atomic E-state index is 12.9. The number of sulfonamides is 1. The molecule has 0 fully saturated rings. The van der Waals surface area contributed by atoms with E-state index < -0.39 is 21.7 Å². The van der Waals surface area contributed by atoms with E-state index in [1.807, 2.05) is 4.72 Å². The molecule has 0 aromatic heterocycles. The van der Waals surface area contributed by atoms with E-state index in [0.717, 1.165) is 30.3 Å². The number of fused-ring (bicyclic) bond motifs is 1. The molecule has 0 bridgehead atoms. The molecule has 2 aromatic rings. The molecule has 1 N–H and O–H groups in total. The normalized spacial score (nSPS) is 13.6. The number of amides is 1. The first-order valence-corrected chi connectivity index (χ1v) is 8.82. The Morgan fingerprint density at radius 2 is 1.72 bits per heavy atom. The van der Waals surface area contributed by atoms with Crippen molar-refractivity contribution < 1.29 is 27.1 Å². The van der Waals surface area contributed by atoms with E-state index >= 15 is 0 Å². The molecular formula is C17H14FNO5S. The van der Waals surface area contributed by atoms with Crippen LogP contribution in [0.1, 0.15) is 5.56 Å². The number of benzene rings is 2. The molecule has 1 amide bonds. The second kappa shape index (κ2) is 6.94. The van der Waals surface area contributed by atoms with E-state index in [0.29, 0.717) is 30.3 Å². The Labute approximate surface area is 143 Å². The maximum Gasteiger partial charge on any atom is 0.264 e. The first kappa shape index (κ1) is 17.0. The third-order valence-electron chi connectivity index (χ3n) is 3.35. The van der Waals surface area contributed by atoms with Gasteiger partial charge in [-0.1, -0.05) is 6.07 Å². The first-order chi connectivity index (χ1) is 11.9. The summed E-state index contributed by atoms with van der Waals surface area (Å²) in [6.45, 7) is 0.919. The molecule has 0 aliphatic carbocycles. The van der Waals surface area contributed by atoms with Gasteiger partial charge in [-0.25, -0.2) is 17.5 Å². The van der Waals surface area contributed by atoms with Gasteiger partial charge in [-0.2, -0.15) is 0 Å². The number of halogens is 1. The molecule has 2 aromatic carbocycles. The smallest absolute Gasteiger partial charge is 0.264 e. The molecule has 1 aliphatic heterocycles. The predicted octanol–water partition coefficient (Wildman–Crippen LogP) is 2.12. The van der Waals surface area contributed by atoms with Crippen molar-refractivity contribution >= 4 is 22.0 Å². The Kier molecular flexibility index (Phi) is 4.71. The zero-order valence-electron chi connectivity index (χ0n) is 12.9. The van der Waals surface area contributed by atoms with Crippen molar-refractivity contribution in [1.29, 1.82) is 0 Å². The van der Waals surface area contributed by atoms with Crippen molar-refractivity contribution in [1.82, 2.24) is 4.72 Å². The molecule has 0 radical (unpaired) electrons. The Hall–Kier alpha value is -2.87. The summed E-state index contributed by atoms with van der Waals surface area (Å²) < 4.78 is 49.6. The fourth-order valence-electron chi connectivity index (χ4n) is 2.17. The molecule has 1 aliphatic rings. The molecule has 6 nitrogen and oxygen atoms in total. The monoisotopic (exact) mass is 363 g/mol. The summed E-state index contributed by atoms with van der Waals surface area (Å²) >= 11 is 0. The van der Waals surface area contributed by atoms with Crippen LogP contribution in [0.5, 0.6) is 11.5 Å². The van der Waals surface area contributed by atoms with Gasteiger partial charge >= 0.3 is 0 Å². The van der Waals surface area contributed by atoms with E-state index in [-0.39, 0.29) is 4.90 Å². The van der Waals surface area contributed by atoms with Crippen molar-refractivity contribution in [2.75, 3.05) is 13.2 Å². The van der Waals surface area contributed by atoms with Gasteiger partial charge in [-0.3, -0.25) is 4.79 Å². The molecule has 3 rings (SSSR count). The average Bonchev–Trinajstić information content (AvgIpc) is 2.60. The van der Waals surface area contributed by atoms with Gasteiger partial charge in [-0.05, 0) is 48.0 Å². The third kappa shape index (κ3) is 4.16. The SMILES string of the molecule is O=C(/C=C/c1ccc2c(c1)OCCO2)NS(=O)(=O)c1ccc(F)cc1. The lowest BCUT2D eigenvalue weighted by atomic mass is 10.2. The Balaban J connectivity index is 1.69. The van der Waals surface area contributed by atoms with Crippen molar-refractivity contribution in [3.63, 3.8) is 0 Å². The number of carbonyl (C=O) groups excluding carboxylic acids is 1. The minimum absolute atomic E-state index is 0.199. The second-order valence-corrected chi connectivity index (χ2v) is 6.84. The minimum atomic E-state index is -4.06. The van der Waals surface area contributed by atoms with Crippen LogP contribution in [0, 0.1) is 5.82 Å². The molecule has 8 heteroatoms. The number of rotatable bonds is 4. The lowest BCUT2D eigenvalue weighted by Gasteiger charge is -2.18. The highest BCUT2D eigenvalue weighted by Gasteiger charge is 2.16. The second-order valence-electron chi connectivity index (χ2n) is 5.16. The summed E-state index contributed by atoms with van der Waals surface area (Å²) in [6, 6.07) is 9.28. The van der Waals surface area contributed by atoms with Crippen molar-refractivity contribution in [3.8, 4) is 11.5 Å². The van der Waals surface area contributed by atoms with Crippen LogP contribution in [0.4, 0.5) is 4.39 Å². The Morgan fingerprint density at radius 1 is 1.04 bits per heavy atom. The molecule has 0 saturated carbocycles. The van der Waals surface area contributed by atoms with Gasteiger partial charge in [0.25, 0.3) is 15.9 Å². The Morgan fingerprint density at radius 3 is 2.44 bits per heavy atom. The van der Waals surface area contributed by atoms with Gasteiger partial charge in [0.1, 0.15) is 19.0 Å². The minimum Gasteiger partial charge on any atom is -0.486 e. The maximum absolute atomic E-state index is 12.9. The zero-order valence-corrected chi connectivity index (χ0v) is 13.8. The molecule has 0 atom stereocenters. The van der Waals surface area contributed by atoms with Gasteiger partial charge in [0.2, 0.25) is 0 Å². The number of hydrogen-bond acceptors (Lipinski definition) is 5. The van der Waals surface area contributed by atoms with Gasteiger partial charge in [0, 0.05) is 6.08 Å². The molecule has 0 saturated heterocycles. The fourth-order valence-corrected chi connectivity index (χ4v) is 3.12. The number of carbonyl (C=O) groups is 1. The van der Waals surface area contributed by atoms with Gasteiger partial charge in [-0.15, -0.1) is 0 Å². The van der Waals surface area contributed by atoms with Crippen LogP contribution in [0.2, 0.25) is 0 Å². The van der Waals surface area contributed by atoms with Crippen LogP contribution in [0.25, 0.3) is 6.08 Å². The van der Waals surface area contributed by atoms with Gasteiger partial charge in [0.15, 0.2) is 11.5 Å². The van der Waals surface area contributed by atoms with Crippen LogP contribution < -0.4 is 14.2 Å². The molecule has 0 spiro atoms. The highest BCUT2D eigenvalue weighted by molar-refractivity contribution is 7.90. The van der Waals surface area contributed by atoms with E-state index in [9.17, 15) is 17.6 Å². The van der Waals surface area contributed by atoms with E-state index in [4.69, 9.17) is 9.47 Å². The standard InChI is InChI=1S/C17H14FNO5S/c18-13-3-5-14(6-4-13)25(21,22)19-17(20)8-2-12-1-7-15-16(11-12)24-10-9-23-15/h1-8,11H,9-10H2,(H,19,20)/b8-2+. The van der Waals surface area contributed by atoms with Crippen molar-refractivity contribution in [2.45, 2.75) is 4.90 Å². The van der Waals surface area contributed by atoms with Crippen LogP contribution in [-0.2, 0) is 14.8 Å². The molecule has 0 unspecified atom stereocenters. The summed E-state index contributed by atoms with van der Waals surface area (Å²) in [4.78, 5) is 11.7. The van der Waals surface area contributed by atoms with Crippen LogP contribution in [0.3, 0.4) is 0 Å². The highest BCUT2D eigenvalue weighted by atomic mass is 32.2. The summed E-state index contributed by atoms with van der Waals surface area (Å²) in [5.74, 6) is -0.206. The largest absolute Gasteiger partial charge is 0.486 e. The quantitative estimate of drug-likeness (QED) is 0.842. The number of hydrogen-bond donors (Lipinski definition) is 1. The highest BCUT2D eigenvalue weighted by Crippen LogP contribution is 2.31. The first-order valence-electron chi connectivity index (χ1n) is 7.34. The van der Waals surface area contributed by atoms with Crippen LogP contribution >= 0.6 is 0 Å².